The van der Waals surface area contributed by atoms with Gasteiger partial charge in [0.25, 0.3) is 5.91 Å². The van der Waals surface area contributed by atoms with Gasteiger partial charge in [-0.25, -0.2) is 0 Å². The van der Waals surface area contributed by atoms with Crippen molar-refractivity contribution in [3.63, 3.8) is 0 Å². The van der Waals surface area contributed by atoms with Crippen LogP contribution < -0.4 is 10.2 Å². The number of hydrogen-bond donors (Lipinski definition) is 0. The normalized spacial score (nSPS) is 16.2. The van der Waals surface area contributed by atoms with E-state index in [1.165, 1.54) is 0 Å². The van der Waals surface area contributed by atoms with Crippen molar-refractivity contribution in [2.24, 2.45) is 13.0 Å². The lowest BCUT2D eigenvalue weighted by Gasteiger charge is -2.32. The zero-order valence-corrected chi connectivity index (χ0v) is 19.0. The topological polar surface area (TPSA) is 68.6 Å². The summed E-state index contributed by atoms with van der Waals surface area (Å²) in [6.45, 7) is 4.71. The summed E-state index contributed by atoms with van der Waals surface area (Å²) in [5.74, 6) is 0.220. The predicted molar refractivity (Wildman–Crippen MR) is 125 cm³/mol. The number of carbonyl (C=O) groups excluding carboxylic acids is 2. The number of benzene rings is 2. The van der Waals surface area contributed by atoms with E-state index in [9.17, 15) is 14.4 Å². The molecule has 1 fully saturated rings. The molecule has 0 N–H and O–H groups in total. The fourth-order valence-electron chi connectivity index (χ4n) is 4.79. The molecule has 0 spiro atoms. The number of nitrogens with zero attached hydrogens (tertiary/aromatic N) is 2. The first-order valence-corrected chi connectivity index (χ1v) is 10.9. The van der Waals surface area contributed by atoms with Crippen LogP contribution in [0.15, 0.2) is 47.4 Å². The molecular formula is C26H28N2O4. The molecule has 0 bridgehead atoms. The van der Waals surface area contributed by atoms with E-state index < -0.39 is 0 Å². The van der Waals surface area contributed by atoms with Gasteiger partial charge in [0.1, 0.15) is 11.3 Å². The van der Waals surface area contributed by atoms with Crippen molar-refractivity contribution in [2.45, 2.75) is 26.7 Å². The molecule has 2 heterocycles. The highest BCUT2D eigenvalue weighted by Gasteiger charge is 2.31. The zero-order chi connectivity index (χ0) is 23.0. The molecule has 1 aromatic heterocycles. The van der Waals surface area contributed by atoms with E-state index in [0.717, 1.165) is 35.2 Å². The summed E-state index contributed by atoms with van der Waals surface area (Å²) in [6.07, 6.45) is 3.06. The van der Waals surface area contributed by atoms with Crippen LogP contribution in [0, 0.1) is 19.8 Å². The highest BCUT2D eigenvalue weighted by molar-refractivity contribution is 6.00. The van der Waals surface area contributed by atoms with Crippen molar-refractivity contribution in [1.82, 2.24) is 9.47 Å². The van der Waals surface area contributed by atoms with Crippen LogP contribution in [0.3, 0.4) is 0 Å². The second kappa shape index (κ2) is 8.61. The highest BCUT2D eigenvalue weighted by Crippen LogP contribution is 2.28. The molecule has 0 saturated carbocycles. The van der Waals surface area contributed by atoms with Gasteiger partial charge >= 0.3 is 0 Å². The molecule has 1 saturated heterocycles. The first kappa shape index (κ1) is 21.8. The summed E-state index contributed by atoms with van der Waals surface area (Å²) in [4.78, 5) is 41.2. The molecular weight excluding hydrogens is 404 g/mol. The number of carbonyl (C=O) groups is 2. The number of aryl methyl sites for hydroxylation is 3. The number of pyridine rings is 1. The standard InChI is InChI=1S/C26H28N2O4/c1-16-12-19(13-17(2)25(16)32-4)23(29)18-8-7-11-28(14-18)26(31)21-15-27(3)22-10-6-5-9-20(22)24(21)30/h5-6,9-10,12-13,15,18H,7-8,11,14H2,1-4H3. The van der Waals surface area contributed by atoms with E-state index >= 15 is 0 Å². The number of ketones is 1. The van der Waals surface area contributed by atoms with Gasteiger partial charge in [-0.15, -0.1) is 0 Å². The molecule has 6 nitrogen and oxygen atoms in total. The number of aromatic nitrogens is 1. The Morgan fingerprint density at radius 2 is 1.78 bits per heavy atom. The molecule has 32 heavy (non-hydrogen) atoms. The predicted octanol–water partition coefficient (Wildman–Crippen LogP) is 3.90. The van der Waals surface area contributed by atoms with Crippen LogP contribution >= 0.6 is 0 Å². The third-order valence-electron chi connectivity index (χ3n) is 6.35. The van der Waals surface area contributed by atoms with E-state index in [2.05, 4.69) is 0 Å². The van der Waals surface area contributed by atoms with Crippen LogP contribution in [0.25, 0.3) is 10.9 Å². The number of likely N-dealkylation sites (tertiary alicyclic amines) is 1. The molecule has 1 aliphatic heterocycles. The Bertz CT molecular complexity index is 1250. The Kier molecular flexibility index (Phi) is 5.87. The molecule has 166 valence electrons. The molecule has 1 amide bonds. The molecule has 0 aliphatic carbocycles. The number of fused-ring (bicyclic) bond motifs is 1. The number of methoxy groups -OCH3 is 1. The van der Waals surface area contributed by atoms with Gasteiger partial charge in [0, 0.05) is 43.2 Å². The average molecular weight is 433 g/mol. The minimum Gasteiger partial charge on any atom is -0.496 e. The maximum atomic E-state index is 13.3. The Morgan fingerprint density at radius 3 is 2.47 bits per heavy atom. The second-order valence-corrected chi connectivity index (χ2v) is 8.60. The molecule has 6 heteroatoms. The number of amides is 1. The minimum atomic E-state index is -0.309. The van der Waals surface area contributed by atoms with Gasteiger partial charge in [0.2, 0.25) is 5.43 Å². The maximum Gasteiger partial charge on any atom is 0.259 e. The van der Waals surface area contributed by atoms with Crippen molar-refractivity contribution in [3.8, 4) is 5.75 Å². The number of ether oxygens (including phenoxy) is 1. The van der Waals surface area contributed by atoms with Crippen LogP contribution in [0.2, 0.25) is 0 Å². The second-order valence-electron chi connectivity index (χ2n) is 8.60. The third kappa shape index (κ3) is 3.81. The van der Waals surface area contributed by atoms with E-state index in [4.69, 9.17) is 4.74 Å². The van der Waals surface area contributed by atoms with Crippen LogP contribution in [0.1, 0.15) is 44.7 Å². The van der Waals surface area contributed by atoms with Gasteiger partial charge < -0.3 is 14.2 Å². The molecule has 0 radical (unpaired) electrons. The van der Waals surface area contributed by atoms with E-state index in [1.54, 1.807) is 34.9 Å². The molecule has 2 aromatic carbocycles. The Hall–Kier alpha value is -3.41. The SMILES string of the molecule is COc1c(C)cc(C(=O)C2CCCN(C(=O)c3cn(C)c4ccccc4c3=O)C2)cc1C. The van der Waals surface area contributed by atoms with Crippen molar-refractivity contribution in [3.05, 3.63) is 75.1 Å². The summed E-state index contributed by atoms with van der Waals surface area (Å²) in [6, 6.07) is 11.0. The summed E-state index contributed by atoms with van der Waals surface area (Å²) in [7, 11) is 3.45. The lowest BCUT2D eigenvalue weighted by molar-refractivity contribution is 0.0635. The number of rotatable bonds is 4. The molecule has 1 aliphatic rings. The summed E-state index contributed by atoms with van der Waals surface area (Å²) >= 11 is 0. The van der Waals surface area contributed by atoms with Gasteiger partial charge in [0.15, 0.2) is 5.78 Å². The van der Waals surface area contributed by atoms with Crippen molar-refractivity contribution < 1.29 is 14.3 Å². The number of piperidine rings is 1. The quantitative estimate of drug-likeness (QED) is 0.587. The molecule has 3 aromatic rings. The maximum absolute atomic E-state index is 13.3. The number of hydrogen-bond acceptors (Lipinski definition) is 4. The molecule has 1 unspecified atom stereocenters. The Balaban J connectivity index is 1.60. The van der Waals surface area contributed by atoms with Gasteiger partial charge in [-0.3, -0.25) is 14.4 Å². The summed E-state index contributed by atoms with van der Waals surface area (Å²) < 4.78 is 7.21. The lowest BCUT2D eigenvalue weighted by Crippen LogP contribution is -2.43. The number of Topliss-reactive ketones (excluding diaryl/α,β-unsaturated/α-hetero) is 1. The van der Waals surface area contributed by atoms with E-state index in [-0.39, 0.29) is 28.6 Å². The first-order valence-electron chi connectivity index (χ1n) is 10.9. The molecule has 1 atom stereocenters. The molecule has 4 rings (SSSR count). The van der Waals surface area contributed by atoms with Gasteiger partial charge in [-0.2, -0.15) is 0 Å². The lowest BCUT2D eigenvalue weighted by atomic mass is 9.88. The van der Waals surface area contributed by atoms with Crippen LogP contribution in [-0.4, -0.2) is 41.4 Å². The fraction of sp³-hybridized carbons (Fsp3) is 0.346. The van der Waals surface area contributed by atoms with Crippen LogP contribution in [0.4, 0.5) is 0 Å². The van der Waals surface area contributed by atoms with Crippen molar-refractivity contribution in [1.29, 1.82) is 0 Å². The van der Waals surface area contributed by atoms with Crippen LogP contribution in [-0.2, 0) is 7.05 Å². The average Bonchev–Trinajstić information content (AvgIpc) is 2.80. The summed E-state index contributed by atoms with van der Waals surface area (Å²) in [5.41, 5.74) is 3.14. The van der Waals surface area contributed by atoms with Gasteiger partial charge in [-0.05, 0) is 62.1 Å². The van der Waals surface area contributed by atoms with Crippen LogP contribution in [0.5, 0.6) is 5.75 Å². The summed E-state index contributed by atoms with van der Waals surface area (Å²) in [5, 5.41) is 0.523. The van der Waals surface area contributed by atoms with E-state index in [1.807, 2.05) is 45.2 Å². The van der Waals surface area contributed by atoms with Crippen molar-refractivity contribution >= 4 is 22.6 Å². The largest absolute Gasteiger partial charge is 0.496 e. The number of para-hydroxylation sites is 1. The Morgan fingerprint density at radius 1 is 1.09 bits per heavy atom. The minimum absolute atomic E-state index is 0.0303. The fourth-order valence-corrected chi connectivity index (χ4v) is 4.79. The highest BCUT2D eigenvalue weighted by atomic mass is 16.5. The van der Waals surface area contributed by atoms with E-state index in [0.29, 0.717) is 24.0 Å². The smallest absolute Gasteiger partial charge is 0.259 e. The monoisotopic (exact) mass is 432 g/mol. The third-order valence-corrected chi connectivity index (χ3v) is 6.35. The van der Waals surface area contributed by atoms with Gasteiger partial charge in [-0.1, -0.05) is 12.1 Å². The first-order chi connectivity index (χ1) is 15.3. The van der Waals surface area contributed by atoms with Crippen molar-refractivity contribution in [2.75, 3.05) is 20.2 Å². The Labute approximate surface area is 187 Å². The van der Waals surface area contributed by atoms with Gasteiger partial charge in [0.05, 0.1) is 12.6 Å². The zero-order valence-electron chi connectivity index (χ0n) is 19.0.